The maximum atomic E-state index is 11.7. The highest BCUT2D eigenvalue weighted by atomic mass is 32.2. The molecule has 10 heteroatoms. The number of aryl methyl sites for hydroxylation is 1. The van der Waals surface area contributed by atoms with Crippen LogP contribution in [0.5, 0.6) is 5.75 Å². The van der Waals surface area contributed by atoms with Gasteiger partial charge in [0.05, 0.1) is 23.3 Å². The first-order valence-corrected chi connectivity index (χ1v) is 14.3. The van der Waals surface area contributed by atoms with Crippen LogP contribution in [0.4, 0.5) is 0 Å². The molecule has 5 rings (SSSR count). The van der Waals surface area contributed by atoms with Crippen LogP contribution in [0.2, 0.25) is 0 Å². The van der Waals surface area contributed by atoms with Gasteiger partial charge in [0, 0.05) is 62.5 Å². The predicted octanol–water partition coefficient (Wildman–Crippen LogP) is 4.71. The number of aromatic nitrogens is 2. The number of hydrogen-bond donors (Lipinski definition) is 1. The summed E-state index contributed by atoms with van der Waals surface area (Å²) in [7, 11) is -2.06. The fourth-order valence-corrected chi connectivity index (χ4v) is 5.24. The zero-order chi connectivity index (χ0) is 27.3. The van der Waals surface area contributed by atoms with Crippen LogP contribution in [0.1, 0.15) is 30.7 Å². The van der Waals surface area contributed by atoms with Crippen LogP contribution in [0.3, 0.4) is 0 Å². The van der Waals surface area contributed by atoms with Crippen molar-refractivity contribution in [1.29, 1.82) is 0 Å². The molecule has 2 N–H and O–H groups in total. The van der Waals surface area contributed by atoms with E-state index < -0.39 is 15.6 Å². The first-order valence-electron chi connectivity index (χ1n) is 12.8. The number of nitrogens with zero attached hydrogens (tertiary/aromatic N) is 2. The van der Waals surface area contributed by atoms with Gasteiger partial charge in [-0.25, -0.2) is 18.5 Å². The van der Waals surface area contributed by atoms with Crippen molar-refractivity contribution in [2.24, 2.45) is 5.14 Å². The molecule has 0 amide bonds. The van der Waals surface area contributed by atoms with Crippen molar-refractivity contribution in [3.05, 3.63) is 84.5 Å². The lowest BCUT2D eigenvalue weighted by molar-refractivity contribution is -0.0950. The average molecular weight is 550 g/mol. The number of nitrogens with two attached hydrogens (primary N) is 1. The minimum Gasteiger partial charge on any atom is -0.492 e. The molecule has 0 atom stereocenters. The first-order chi connectivity index (χ1) is 18.9. The Morgan fingerprint density at radius 1 is 1.00 bits per heavy atom. The first kappa shape index (κ1) is 27.0. The molecule has 1 aliphatic heterocycles. The maximum Gasteiger partial charge on any atom is 0.238 e. The van der Waals surface area contributed by atoms with E-state index in [4.69, 9.17) is 28.8 Å². The van der Waals surface area contributed by atoms with Crippen molar-refractivity contribution < 1.29 is 27.0 Å². The number of ether oxygens (including phenoxy) is 3. The molecule has 204 valence electrons. The monoisotopic (exact) mass is 549 g/mol. The summed E-state index contributed by atoms with van der Waals surface area (Å²) in [5, 5.41) is 5.25. The van der Waals surface area contributed by atoms with E-state index in [1.807, 2.05) is 42.6 Å². The second kappa shape index (κ2) is 11.7. The van der Waals surface area contributed by atoms with E-state index in [2.05, 4.69) is 4.98 Å². The van der Waals surface area contributed by atoms with Crippen molar-refractivity contribution in [3.63, 3.8) is 0 Å². The van der Waals surface area contributed by atoms with E-state index in [9.17, 15) is 8.42 Å². The molecule has 9 nitrogen and oxygen atoms in total. The highest BCUT2D eigenvalue weighted by molar-refractivity contribution is 7.89. The molecule has 0 unspecified atom stereocenters. The van der Waals surface area contributed by atoms with Gasteiger partial charge in [-0.2, -0.15) is 0 Å². The Kier molecular flexibility index (Phi) is 8.08. The maximum absolute atomic E-state index is 11.7. The van der Waals surface area contributed by atoms with Gasteiger partial charge in [0.1, 0.15) is 11.4 Å². The molecule has 39 heavy (non-hydrogen) atoms. The normalized spacial score (nSPS) is 15.2. The third-order valence-electron chi connectivity index (χ3n) is 6.90. The number of rotatable bonds is 10. The molecule has 0 radical (unpaired) electrons. The molecule has 3 heterocycles. The fraction of sp³-hybridized carbons (Fsp3) is 0.310. The summed E-state index contributed by atoms with van der Waals surface area (Å²) in [6.07, 6.45) is 6.31. The highest BCUT2D eigenvalue weighted by Gasteiger charge is 2.35. The van der Waals surface area contributed by atoms with Crippen molar-refractivity contribution in [2.75, 3.05) is 26.9 Å². The van der Waals surface area contributed by atoms with Gasteiger partial charge < -0.3 is 18.6 Å². The van der Waals surface area contributed by atoms with E-state index in [0.29, 0.717) is 61.3 Å². The second-order valence-corrected chi connectivity index (χ2v) is 11.0. The molecule has 0 spiro atoms. The lowest BCUT2D eigenvalue weighted by Gasteiger charge is -2.36. The van der Waals surface area contributed by atoms with Gasteiger partial charge in [0.25, 0.3) is 0 Å². The smallest absolute Gasteiger partial charge is 0.238 e. The van der Waals surface area contributed by atoms with Crippen molar-refractivity contribution in [3.8, 4) is 28.3 Å². The Morgan fingerprint density at radius 3 is 2.44 bits per heavy atom. The van der Waals surface area contributed by atoms with E-state index in [0.717, 1.165) is 24.0 Å². The summed E-state index contributed by atoms with van der Waals surface area (Å²) < 4.78 is 46.9. The van der Waals surface area contributed by atoms with E-state index in [-0.39, 0.29) is 4.90 Å². The number of primary sulfonamides is 1. The van der Waals surface area contributed by atoms with Crippen LogP contribution >= 0.6 is 0 Å². The molecule has 0 saturated carbocycles. The lowest BCUT2D eigenvalue weighted by Crippen LogP contribution is -2.35. The Labute approximate surface area is 228 Å². The number of oxazole rings is 1. The second-order valence-electron chi connectivity index (χ2n) is 9.39. The van der Waals surface area contributed by atoms with Crippen molar-refractivity contribution >= 4 is 10.0 Å². The van der Waals surface area contributed by atoms with Crippen LogP contribution < -0.4 is 9.88 Å². The minimum absolute atomic E-state index is 0.0381. The molecule has 0 bridgehead atoms. The molecular formula is C29H31N3O6S. The summed E-state index contributed by atoms with van der Waals surface area (Å²) in [4.78, 5) is 9.17. The molecule has 1 saturated heterocycles. The van der Waals surface area contributed by atoms with E-state index in [1.54, 1.807) is 25.4 Å². The van der Waals surface area contributed by atoms with Crippen molar-refractivity contribution in [1.82, 2.24) is 9.97 Å². The van der Waals surface area contributed by atoms with E-state index in [1.165, 1.54) is 12.1 Å². The van der Waals surface area contributed by atoms with Gasteiger partial charge in [-0.15, -0.1) is 0 Å². The average Bonchev–Trinajstić information content (AvgIpc) is 3.40. The molecule has 1 aliphatic rings. The zero-order valence-corrected chi connectivity index (χ0v) is 22.5. The van der Waals surface area contributed by atoms with E-state index >= 15 is 0 Å². The summed E-state index contributed by atoms with van der Waals surface area (Å²) in [5.74, 6) is 1.81. The molecular weight excluding hydrogens is 518 g/mol. The van der Waals surface area contributed by atoms with Crippen molar-refractivity contribution in [2.45, 2.75) is 36.2 Å². The zero-order valence-electron chi connectivity index (χ0n) is 21.7. The molecule has 0 aliphatic carbocycles. The Balaban J connectivity index is 1.29. The Morgan fingerprint density at radius 2 is 1.74 bits per heavy atom. The van der Waals surface area contributed by atoms with Crippen LogP contribution in [-0.2, 0) is 31.5 Å². The minimum atomic E-state index is -3.79. The molecule has 1 fully saturated rings. The largest absolute Gasteiger partial charge is 0.492 e. The third-order valence-corrected chi connectivity index (χ3v) is 7.83. The number of pyridine rings is 1. The lowest BCUT2D eigenvalue weighted by atomic mass is 9.87. The Bertz CT molecular complexity index is 1500. The molecule has 4 aromatic rings. The van der Waals surface area contributed by atoms with Gasteiger partial charge in [0.15, 0.2) is 11.7 Å². The SMILES string of the molecule is COC1(c2cncc(OCCCc3nc(-c4ccccc4)c(-c4ccc(S(N)(=O)=O)cc4)o3)c2)CCOCC1. The van der Waals surface area contributed by atoms with Crippen LogP contribution in [-0.4, -0.2) is 45.3 Å². The van der Waals surface area contributed by atoms with Crippen LogP contribution in [0, 0.1) is 0 Å². The fourth-order valence-electron chi connectivity index (χ4n) is 4.73. The third kappa shape index (κ3) is 6.20. The van der Waals surface area contributed by atoms with Crippen LogP contribution in [0.25, 0.3) is 22.6 Å². The van der Waals surface area contributed by atoms with Crippen LogP contribution in [0.15, 0.2) is 82.4 Å². The summed E-state index contributed by atoms with van der Waals surface area (Å²) in [6.45, 7) is 1.76. The quantitative estimate of drug-likeness (QED) is 0.282. The highest BCUT2D eigenvalue weighted by Crippen LogP contribution is 2.36. The number of sulfonamides is 1. The molecule has 2 aromatic heterocycles. The number of benzene rings is 2. The summed E-state index contributed by atoms with van der Waals surface area (Å²) in [5.41, 5.74) is 2.88. The summed E-state index contributed by atoms with van der Waals surface area (Å²) >= 11 is 0. The number of methoxy groups -OCH3 is 1. The van der Waals surface area contributed by atoms with Gasteiger partial charge in [-0.3, -0.25) is 4.98 Å². The van der Waals surface area contributed by atoms with Gasteiger partial charge in [-0.1, -0.05) is 30.3 Å². The van der Waals surface area contributed by atoms with Gasteiger partial charge in [0.2, 0.25) is 10.0 Å². The van der Waals surface area contributed by atoms with Gasteiger partial charge >= 0.3 is 0 Å². The molecule has 2 aromatic carbocycles. The Hall–Kier alpha value is -3.57. The predicted molar refractivity (Wildman–Crippen MR) is 146 cm³/mol. The van der Waals surface area contributed by atoms with Gasteiger partial charge in [-0.05, 0) is 36.8 Å². The standard InChI is InChI=1S/C29H31N3O6S/c1-35-29(13-16-36-17-14-29)23-18-24(20-31-19-23)37-15-5-8-26-32-27(21-6-3-2-4-7-21)28(38-26)22-9-11-25(12-10-22)39(30,33)34/h2-4,6-7,9-12,18-20H,5,8,13-17H2,1H3,(H2,30,33,34). The summed E-state index contributed by atoms with van der Waals surface area (Å²) in [6, 6.07) is 18.0. The topological polar surface area (TPSA) is 127 Å². The number of hydrogen-bond acceptors (Lipinski definition) is 8.